The zero-order valence-corrected chi connectivity index (χ0v) is 16.2. The van der Waals surface area contributed by atoms with Gasteiger partial charge in [0.15, 0.2) is 0 Å². The van der Waals surface area contributed by atoms with Gasteiger partial charge in [0.25, 0.3) is 5.91 Å². The Kier molecular flexibility index (Phi) is 5.09. The number of carbonyl (C=O) groups excluding carboxylic acids is 2. The Hall–Kier alpha value is -2.45. The highest BCUT2D eigenvalue weighted by atomic mass is 32.2. The van der Waals surface area contributed by atoms with Crippen LogP contribution < -0.4 is 11.1 Å². The Morgan fingerprint density at radius 2 is 2.04 bits per heavy atom. The van der Waals surface area contributed by atoms with Gasteiger partial charge in [0.2, 0.25) is 5.91 Å². The molecule has 138 valence electrons. The van der Waals surface area contributed by atoms with Crippen molar-refractivity contribution in [2.45, 2.75) is 30.7 Å². The van der Waals surface area contributed by atoms with Gasteiger partial charge in [0.1, 0.15) is 10.0 Å². The van der Waals surface area contributed by atoms with Crippen LogP contribution in [0.2, 0.25) is 0 Å². The van der Waals surface area contributed by atoms with Crippen LogP contribution in [0.4, 0.5) is 5.00 Å². The third-order valence-electron chi connectivity index (χ3n) is 4.55. The summed E-state index contributed by atoms with van der Waals surface area (Å²) in [5, 5.41) is 14.3. The van der Waals surface area contributed by atoms with E-state index in [1.165, 1.54) is 23.1 Å². The second kappa shape index (κ2) is 7.66. The maximum Gasteiger partial charge on any atom is 0.251 e. The first-order valence-corrected chi connectivity index (χ1v) is 10.5. The summed E-state index contributed by atoms with van der Waals surface area (Å²) >= 11 is 2.80. The number of nitrogens with zero attached hydrogens (tertiary/aromatic N) is 2. The second-order valence-electron chi connectivity index (χ2n) is 6.35. The molecule has 0 saturated carbocycles. The first-order valence-electron chi connectivity index (χ1n) is 8.71. The topological polar surface area (TPSA) is 98.0 Å². The minimum Gasteiger partial charge on any atom is -0.365 e. The monoisotopic (exact) mass is 398 g/mol. The minimum absolute atomic E-state index is 0.184. The van der Waals surface area contributed by atoms with Gasteiger partial charge in [-0.15, -0.1) is 16.4 Å². The van der Waals surface area contributed by atoms with Crippen LogP contribution in [-0.2, 0) is 17.6 Å². The number of thiophene rings is 1. The number of carbonyl (C=O) groups is 2. The van der Waals surface area contributed by atoms with Crippen molar-refractivity contribution in [1.29, 1.82) is 0 Å². The van der Waals surface area contributed by atoms with E-state index in [-0.39, 0.29) is 11.7 Å². The third-order valence-corrected chi connectivity index (χ3v) is 6.74. The van der Waals surface area contributed by atoms with Crippen molar-refractivity contribution >= 4 is 50.7 Å². The van der Waals surface area contributed by atoms with Crippen molar-refractivity contribution in [2.24, 2.45) is 5.73 Å². The average molecular weight is 399 g/mol. The smallest absolute Gasteiger partial charge is 0.251 e. The summed E-state index contributed by atoms with van der Waals surface area (Å²) in [5.74, 6) is -0.475. The van der Waals surface area contributed by atoms with Crippen LogP contribution >= 0.6 is 23.1 Å². The molecule has 0 unspecified atom stereocenters. The molecular weight excluding hydrogens is 380 g/mol. The first kappa shape index (κ1) is 17.9. The maximum absolute atomic E-state index is 12.5. The summed E-state index contributed by atoms with van der Waals surface area (Å²) in [7, 11) is 0. The quantitative estimate of drug-likeness (QED) is 0.642. The van der Waals surface area contributed by atoms with Gasteiger partial charge in [0.05, 0.1) is 17.5 Å². The SMILES string of the molecule is NC(=O)c1c(NC(=O)CSc2nncc3ccccc23)sc2c1CCCC2. The number of nitrogens with one attached hydrogen (secondary N) is 1. The molecule has 1 aliphatic rings. The van der Waals surface area contributed by atoms with Crippen LogP contribution in [-0.4, -0.2) is 27.8 Å². The number of thioether (sulfide) groups is 1. The third kappa shape index (κ3) is 3.68. The molecule has 0 spiro atoms. The molecule has 8 heteroatoms. The normalized spacial score (nSPS) is 13.3. The molecule has 1 aromatic carbocycles. The van der Waals surface area contributed by atoms with Crippen molar-refractivity contribution in [3.05, 3.63) is 46.5 Å². The molecule has 27 heavy (non-hydrogen) atoms. The fraction of sp³-hybridized carbons (Fsp3) is 0.263. The number of hydrogen-bond acceptors (Lipinski definition) is 6. The largest absolute Gasteiger partial charge is 0.365 e. The van der Waals surface area contributed by atoms with Crippen molar-refractivity contribution < 1.29 is 9.59 Å². The van der Waals surface area contributed by atoms with Gasteiger partial charge in [-0.3, -0.25) is 9.59 Å². The Morgan fingerprint density at radius 3 is 2.89 bits per heavy atom. The van der Waals surface area contributed by atoms with Gasteiger partial charge < -0.3 is 11.1 Å². The van der Waals surface area contributed by atoms with E-state index in [0.29, 0.717) is 15.6 Å². The van der Waals surface area contributed by atoms with Crippen molar-refractivity contribution in [3.8, 4) is 0 Å². The molecule has 2 amide bonds. The van der Waals surface area contributed by atoms with Crippen LogP contribution in [0.1, 0.15) is 33.6 Å². The van der Waals surface area contributed by atoms with Crippen molar-refractivity contribution in [3.63, 3.8) is 0 Å². The number of aromatic nitrogens is 2. The number of aryl methyl sites for hydroxylation is 1. The molecule has 4 rings (SSSR count). The highest BCUT2D eigenvalue weighted by Gasteiger charge is 2.25. The number of nitrogens with two attached hydrogens (primary N) is 1. The fourth-order valence-corrected chi connectivity index (χ4v) is 5.42. The molecule has 0 saturated heterocycles. The molecule has 0 aliphatic heterocycles. The molecule has 1 aliphatic carbocycles. The lowest BCUT2D eigenvalue weighted by Gasteiger charge is -2.11. The summed E-state index contributed by atoms with van der Waals surface area (Å²) in [6.07, 6.45) is 5.65. The number of rotatable bonds is 5. The lowest BCUT2D eigenvalue weighted by Crippen LogP contribution is -2.19. The number of primary amides is 1. The molecule has 3 N–H and O–H groups in total. The van der Waals surface area contributed by atoms with Crippen LogP contribution in [0, 0.1) is 0 Å². The standard InChI is InChI=1S/C19H18N4O2S2/c20-17(25)16-13-7-3-4-8-14(13)27-19(16)22-15(24)10-26-18-12-6-2-1-5-11(12)9-21-23-18/h1-2,5-6,9H,3-4,7-8,10H2,(H2,20,25)(H,22,24). The van der Waals surface area contributed by atoms with E-state index in [1.807, 2.05) is 24.3 Å². The van der Waals surface area contributed by atoms with Crippen LogP contribution in [0.3, 0.4) is 0 Å². The van der Waals surface area contributed by atoms with Gasteiger partial charge in [-0.2, -0.15) is 5.10 Å². The molecule has 0 radical (unpaired) electrons. The fourth-order valence-electron chi connectivity index (χ4n) is 3.32. The Bertz CT molecular complexity index is 1030. The molecule has 0 atom stereocenters. The molecule has 6 nitrogen and oxygen atoms in total. The summed E-state index contributed by atoms with van der Waals surface area (Å²) in [6, 6.07) is 7.80. The van der Waals surface area contributed by atoms with Crippen LogP contribution in [0.5, 0.6) is 0 Å². The zero-order valence-electron chi connectivity index (χ0n) is 14.5. The van der Waals surface area contributed by atoms with Gasteiger partial charge in [-0.25, -0.2) is 0 Å². The Balaban J connectivity index is 1.50. The lowest BCUT2D eigenvalue weighted by atomic mass is 9.95. The minimum atomic E-state index is -0.475. The van der Waals surface area contributed by atoms with Gasteiger partial charge in [-0.05, 0) is 31.2 Å². The first-order chi connectivity index (χ1) is 13.1. The second-order valence-corrected chi connectivity index (χ2v) is 8.42. The van der Waals surface area contributed by atoms with Gasteiger partial charge >= 0.3 is 0 Å². The van der Waals surface area contributed by atoms with Gasteiger partial charge in [-0.1, -0.05) is 36.0 Å². The van der Waals surface area contributed by atoms with E-state index in [1.54, 1.807) is 6.20 Å². The molecule has 2 aromatic heterocycles. The van der Waals surface area contributed by atoms with Crippen LogP contribution in [0.15, 0.2) is 35.5 Å². The lowest BCUT2D eigenvalue weighted by molar-refractivity contribution is -0.113. The van der Waals surface area contributed by atoms with E-state index in [0.717, 1.165) is 46.9 Å². The summed E-state index contributed by atoms with van der Waals surface area (Å²) in [5.41, 5.74) is 7.08. The van der Waals surface area contributed by atoms with E-state index in [4.69, 9.17) is 5.73 Å². The summed E-state index contributed by atoms with van der Waals surface area (Å²) in [6.45, 7) is 0. The summed E-state index contributed by atoms with van der Waals surface area (Å²) < 4.78 is 0. The number of anilines is 1. The molecule has 3 aromatic rings. The number of fused-ring (bicyclic) bond motifs is 2. The number of amides is 2. The predicted octanol–water partition coefficient (Wildman–Crippen LogP) is 3.40. The van der Waals surface area contributed by atoms with Crippen molar-refractivity contribution in [2.75, 3.05) is 11.1 Å². The Labute approximate surface area is 164 Å². The zero-order chi connectivity index (χ0) is 18.8. The van der Waals surface area contributed by atoms with Crippen molar-refractivity contribution in [1.82, 2.24) is 10.2 Å². The molecule has 0 bridgehead atoms. The maximum atomic E-state index is 12.5. The average Bonchev–Trinajstić information content (AvgIpc) is 3.04. The summed E-state index contributed by atoms with van der Waals surface area (Å²) in [4.78, 5) is 25.6. The van der Waals surface area contributed by atoms with Crippen LogP contribution in [0.25, 0.3) is 10.8 Å². The van der Waals surface area contributed by atoms with E-state index >= 15 is 0 Å². The predicted molar refractivity (Wildman–Crippen MR) is 108 cm³/mol. The van der Waals surface area contributed by atoms with E-state index in [2.05, 4.69) is 15.5 Å². The number of hydrogen-bond donors (Lipinski definition) is 2. The molecule has 0 fully saturated rings. The Morgan fingerprint density at radius 1 is 1.22 bits per heavy atom. The highest BCUT2D eigenvalue weighted by Crippen LogP contribution is 2.38. The number of benzene rings is 1. The van der Waals surface area contributed by atoms with Gasteiger partial charge in [0, 0.05) is 15.6 Å². The highest BCUT2D eigenvalue weighted by molar-refractivity contribution is 8.00. The molecular formula is C19H18N4O2S2. The van der Waals surface area contributed by atoms with E-state index < -0.39 is 5.91 Å². The molecule has 2 heterocycles. The van der Waals surface area contributed by atoms with E-state index in [9.17, 15) is 9.59 Å².